The van der Waals surface area contributed by atoms with Gasteiger partial charge in [0, 0.05) is 32.5 Å². The Balaban J connectivity index is 1.61. The maximum Gasteiger partial charge on any atom is 0.222 e. The van der Waals surface area contributed by atoms with Crippen LogP contribution in [0.3, 0.4) is 0 Å². The van der Waals surface area contributed by atoms with Crippen LogP contribution >= 0.6 is 0 Å². The second kappa shape index (κ2) is 9.28. The average molecular weight is 320 g/mol. The van der Waals surface area contributed by atoms with Gasteiger partial charge in [0.15, 0.2) is 0 Å². The Morgan fingerprint density at radius 3 is 2.87 bits per heavy atom. The molecule has 4 nitrogen and oxygen atoms in total. The molecule has 1 aliphatic heterocycles. The summed E-state index contributed by atoms with van der Waals surface area (Å²) in [6.45, 7) is 2.09. The first-order valence-corrected chi connectivity index (χ1v) is 8.44. The van der Waals surface area contributed by atoms with Gasteiger partial charge in [-0.3, -0.25) is 9.59 Å². The lowest BCUT2D eigenvalue weighted by Gasteiger charge is -2.20. The Labute approximate surface area is 137 Å². The van der Waals surface area contributed by atoms with Crippen molar-refractivity contribution in [3.8, 4) is 0 Å². The van der Waals surface area contributed by atoms with Gasteiger partial charge in [-0.05, 0) is 37.3 Å². The van der Waals surface area contributed by atoms with Gasteiger partial charge in [-0.2, -0.15) is 0 Å². The fraction of sp³-hybridized carbons (Fsp3) is 0.556. The number of benzene rings is 1. The lowest BCUT2D eigenvalue weighted by molar-refractivity contribution is -0.130. The van der Waals surface area contributed by atoms with E-state index >= 15 is 0 Å². The summed E-state index contributed by atoms with van der Waals surface area (Å²) in [7, 11) is 0. The minimum Gasteiger partial charge on any atom is -0.356 e. The van der Waals surface area contributed by atoms with Gasteiger partial charge >= 0.3 is 0 Å². The Morgan fingerprint density at radius 1 is 1.22 bits per heavy atom. The van der Waals surface area contributed by atoms with Crippen LogP contribution in [0.4, 0.5) is 4.39 Å². The molecule has 0 aromatic heterocycles. The highest BCUT2D eigenvalue weighted by molar-refractivity contribution is 5.76. The quantitative estimate of drug-likeness (QED) is 0.785. The van der Waals surface area contributed by atoms with Crippen molar-refractivity contribution >= 4 is 11.8 Å². The minimum atomic E-state index is -0.264. The van der Waals surface area contributed by atoms with Gasteiger partial charge in [0.1, 0.15) is 5.82 Å². The van der Waals surface area contributed by atoms with Crippen LogP contribution in [0.2, 0.25) is 0 Å². The highest BCUT2D eigenvalue weighted by Crippen LogP contribution is 2.11. The third-order valence-electron chi connectivity index (χ3n) is 4.18. The standard InChI is InChI=1S/C18H25FN2O2/c19-16-8-4-3-7-15(16)10-11-17(22)20-12-6-14-21-13-5-1-2-9-18(21)23/h3-4,7-8H,1-2,5-6,9-14H2,(H,20,22). The SMILES string of the molecule is O=C(CCc1ccccc1F)NCCCN1CCCCCC1=O. The molecule has 0 radical (unpaired) electrons. The van der Waals surface area contributed by atoms with Crippen molar-refractivity contribution in [3.63, 3.8) is 0 Å². The number of halogens is 1. The zero-order chi connectivity index (χ0) is 16.5. The van der Waals surface area contributed by atoms with E-state index in [-0.39, 0.29) is 24.1 Å². The van der Waals surface area contributed by atoms with E-state index in [2.05, 4.69) is 5.32 Å². The molecule has 23 heavy (non-hydrogen) atoms. The van der Waals surface area contributed by atoms with Crippen LogP contribution in [0.5, 0.6) is 0 Å². The van der Waals surface area contributed by atoms with Crippen molar-refractivity contribution in [2.24, 2.45) is 0 Å². The molecule has 0 unspecified atom stereocenters. The molecule has 1 fully saturated rings. The molecule has 1 aromatic carbocycles. The van der Waals surface area contributed by atoms with E-state index in [1.807, 2.05) is 4.90 Å². The third kappa shape index (κ3) is 6.00. The summed E-state index contributed by atoms with van der Waals surface area (Å²) in [5.41, 5.74) is 0.567. The van der Waals surface area contributed by atoms with Gasteiger partial charge in [-0.15, -0.1) is 0 Å². The van der Waals surface area contributed by atoms with Crippen LogP contribution in [-0.2, 0) is 16.0 Å². The second-order valence-corrected chi connectivity index (χ2v) is 5.99. The number of carbonyl (C=O) groups is 2. The van der Waals surface area contributed by atoms with Crippen molar-refractivity contribution < 1.29 is 14.0 Å². The molecule has 1 saturated heterocycles. The first-order valence-electron chi connectivity index (χ1n) is 8.44. The number of nitrogens with zero attached hydrogens (tertiary/aromatic N) is 1. The summed E-state index contributed by atoms with van der Waals surface area (Å²) in [6, 6.07) is 6.52. The molecule has 1 aliphatic rings. The number of nitrogens with one attached hydrogen (secondary N) is 1. The number of likely N-dealkylation sites (tertiary alicyclic amines) is 1. The number of amides is 2. The fourth-order valence-corrected chi connectivity index (χ4v) is 2.81. The Kier molecular flexibility index (Phi) is 7.04. The van der Waals surface area contributed by atoms with Crippen molar-refractivity contribution in [3.05, 3.63) is 35.6 Å². The predicted octanol–water partition coefficient (Wildman–Crippen LogP) is 2.67. The average Bonchev–Trinajstić information content (AvgIpc) is 2.75. The van der Waals surface area contributed by atoms with Crippen LogP contribution in [0.25, 0.3) is 0 Å². The molecule has 0 aliphatic carbocycles. The lowest BCUT2D eigenvalue weighted by Crippen LogP contribution is -2.34. The zero-order valence-electron chi connectivity index (χ0n) is 13.5. The number of hydrogen-bond acceptors (Lipinski definition) is 2. The number of hydrogen-bond donors (Lipinski definition) is 1. The maximum absolute atomic E-state index is 13.5. The molecule has 2 amide bonds. The smallest absolute Gasteiger partial charge is 0.222 e. The molecule has 2 rings (SSSR count). The summed E-state index contributed by atoms with van der Waals surface area (Å²) in [5.74, 6) is -0.108. The van der Waals surface area contributed by atoms with E-state index in [4.69, 9.17) is 0 Å². The van der Waals surface area contributed by atoms with Gasteiger partial charge in [-0.1, -0.05) is 24.6 Å². The topological polar surface area (TPSA) is 49.4 Å². The van der Waals surface area contributed by atoms with Crippen molar-refractivity contribution in [1.29, 1.82) is 0 Å². The summed E-state index contributed by atoms with van der Waals surface area (Å²) in [4.78, 5) is 25.5. The van der Waals surface area contributed by atoms with Crippen molar-refractivity contribution in [1.82, 2.24) is 10.2 Å². The fourth-order valence-electron chi connectivity index (χ4n) is 2.81. The molecule has 1 N–H and O–H groups in total. The van der Waals surface area contributed by atoms with E-state index in [0.717, 1.165) is 32.2 Å². The lowest BCUT2D eigenvalue weighted by atomic mass is 10.1. The summed E-state index contributed by atoms with van der Waals surface area (Å²) >= 11 is 0. The third-order valence-corrected chi connectivity index (χ3v) is 4.18. The number of aryl methyl sites for hydroxylation is 1. The molecule has 1 aromatic rings. The van der Waals surface area contributed by atoms with Crippen LogP contribution in [0, 0.1) is 5.82 Å². The van der Waals surface area contributed by atoms with Crippen molar-refractivity contribution in [2.45, 2.75) is 44.9 Å². The minimum absolute atomic E-state index is 0.0737. The largest absolute Gasteiger partial charge is 0.356 e. The molecular weight excluding hydrogens is 295 g/mol. The molecular formula is C18H25FN2O2. The second-order valence-electron chi connectivity index (χ2n) is 5.99. The Hall–Kier alpha value is -1.91. The van der Waals surface area contributed by atoms with Gasteiger partial charge in [0.05, 0.1) is 0 Å². The molecule has 0 saturated carbocycles. The summed E-state index contributed by atoms with van der Waals surface area (Å²) in [5, 5.41) is 2.84. The highest BCUT2D eigenvalue weighted by atomic mass is 19.1. The van der Waals surface area contributed by atoms with Crippen LogP contribution in [0.15, 0.2) is 24.3 Å². The normalized spacial score (nSPS) is 15.3. The Bertz CT molecular complexity index is 534. The molecule has 0 spiro atoms. The van der Waals surface area contributed by atoms with E-state index in [1.165, 1.54) is 6.07 Å². The van der Waals surface area contributed by atoms with Gasteiger partial charge in [0.25, 0.3) is 0 Å². The highest BCUT2D eigenvalue weighted by Gasteiger charge is 2.15. The molecule has 0 bridgehead atoms. The van der Waals surface area contributed by atoms with E-state index in [9.17, 15) is 14.0 Å². The summed E-state index contributed by atoms with van der Waals surface area (Å²) < 4.78 is 13.5. The molecule has 126 valence electrons. The number of rotatable bonds is 7. The maximum atomic E-state index is 13.5. The monoisotopic (exact) mass is 320 g/mol. The first-order chi connectivity index (χ1) is 11.2. The molecule has 1 heterocycles. The van der Waals surface area contributed by atoms with Crippen LogP contribution in [-0.4, -0.2) is 36.3 Å². The Morgan fingerprint density at radius 2 is 2.04 bits per heavy atom. The predicted molar refractivity (Wildman–Crippen MR) is 87.4 cm³/mol. The van der Waals surface area contributed by atoms with Crippen LogP contribution < -0.4 is 5.32 Å². The van der Waals surface area contributed by atoms with Gasteiger partial charge < -0.3 is 10.2 Å². The molecule has 0 atom stereocenters. The zero-order valence-corrected chi connectivity index (χ0v) is 13.5. The van der Waals surface area contributed by atoms with E-state index in [1.54, 1.807) is 18.2 Å². The van der Waals surface area contributed by atoms with E-state index in [0.29, 0.717) is 31.5 Å². The van der Waals surface area contributed by atoms with Gasteiger partial charge in [0.2, 0.25) is 11.8 Å². The van der Waals surface area contributed by atoms with E-state index < -0.39 is 0 Å². The van der Waals surface area contributed by atoms with Crippen LogP contribution in [0.1, 0.15) is 44.1 Å². The van der Waals surface area contributed by atoms with Crippen molar-refractivity contribution in [2.75, 3.05) is 19.6 Å². The number of carbonyl (C=O) groups excluding carboxylic acids is 2. The molecule has 5 heteroatoms. The van der Waals surface area contributed by atoms with Gasteiger partial charge in [-0.25, -0.2) is 4.39 Å². The summed E-state index contributed by atoms with van der Waals surface area (Å²) in [6.07, 6.45) is 5.27. The first kappa shape index (κ1) is 17.4.